The molecule has 0 radical (unpaired) electrons. The highest BCUT2D eigenvalue weighted by Gasteiger charge is 2.56. The van der Waals surface area contributed by atoms with Gasteiger partial charge in [0.15, 0.2) is 0 Å². The summed E-state index contributed by atoms with van der Waals surface area (Å²) in [4.78, 5) is 0.361. The van der Waals surface area contributed by atoms with Crippen LogP contribution in [0.3, 0.4) is 0 Å². The van der Waals surface area contributed by atoms with E-state index in [0.717, 1.165) is 44.2 Å². The van der Waals surface area contributed by atoms with E-state index in [4.69, 9.17) is 4.74 Å². The smallest absolute Gasteiger partial charge is 0.419 e. The number of hydrogen-bond acceptors (Lipinski definition) is 1. The molecule has 2 unspecified atom stereocenters. The maximum atomic E-state index is 13.3. The number of ether oxygens (including phenoxy) is 1. The van der Waals surface area contributed by atoms with Gasteiger partial charge in [-0.2, -0.15) is 13.2 Å². The second-order valence-corrected chi connectivity index (χ2v) is 6.99. The van der Waals surface area contributed by atoms with Gasteiger partial charge in [-0.05, 0) is 37.5 Å². The molecule has 0 N–H and O–H groups in total. The van der Waals surface area contributed by atoms with Crippen molar-refractivity contribution in [2.45, 2.75) is 49.2 Å². The highest BCUT2D eigenvalue weighted by atomic mass is 79.9. The molecule has 116 valence electrons. The molecule has 1 spiro atoms. The van der Waals surface area contributed by atoms with Gasteiger partial charge in [0, 0.05) is 10.2 Å². The monoisotopic (exact) mass is 366 g/mol. The van der Waals surface area contributed by atoms with Gasteiger partial charge in [-0.25, -0.2) is 4.39 Å². The number of halogens is 5. The third-order valence-corrected chi connectivity index (χ3v) is 6.03. The van der Waals surface area contributed by atoms with Crippen LogP contribution in [0.5, 0.6) is 5.75 Å². The third-order valence-electron chi connectivity index (χ3n) is 4.74. The zero-order valence-corrected chi connectivity index (χ0v) is 12.8. The zero-order chi connectivity index (χ0) is 15.3. The van der Waals surface area contributed by atoms with E-state index in [-0.39, 0.29) is 17.3 Å². The molecule has 2 saturated carbocycles. The first-order valence-corrected chi connectivity index (χ1v) is 7.92. The van der Waals surface area contributed by atoms with E-state index in [2.05, 4.69) is 15.9 Å². The van der Waals surface area contributed by atoms with Crippen molar-refractivity contribution in [2.24, 2.45) is 5.41 Å². The van der Waals surface area contributed by atoms with Gasteiger partial charge >= 0.3 is 6.18 Å². The van der Waals surface area contributed by atoms with E-state index in [1.54, 1.807) is 0 Å². The van der Waals surface area contributed by atoms with Crippen LogP contribution in [0.4, 0.5) is 17.6 Å². The molecule has 2 fully saturated rings. The molecule has 0 bridgehead atoms. The van der Waals surface area contributed by atoms with Crippen molar-refractivity contribution in [1.29, 1.82) is 0 Å². The van der Waals surface area contributed by atoms with Crippen molar-refractivity contribution in [3.63, 3.8) is 0 Å². The van der Waals surface area contributed by atoms with Crippen LogP contribution < -0.4 is 4.74 Å². The predicted molar refractivity (Wildman–Crippen MR) is 74.1 cm³/mol. The van der Waals surface area contributed by atoms with E-state index in [1.807, 2.05) is 0 Å². The summed E-state index contributed by atoms with van der Waals surface area (Å²) in [5.41, 5.74) is -1.23. The lowest BCUT2D eigenvalue weighted by molar-refractivity contribution is -0.140. The standard InChI is InChI=1S/C15H15BrF4O/c16-12-8-13(14(12)5-1-2-6-14)21-9-3-4-11(17)10(7-9)15(18,19)20/h3-4,7,12-13H,1-2,5-6,8H2. The predicted octanol–water partition coefficient (Wildman–Crippen LogP) is 5.32. The minimum Gasteiger partial charge on any atom is -0.490 e. The highest BCUT2D eigenvalue weighted by Crippen LogP contribution is 2.57. The fourth-order valence-corrected chi connectivity index (χ4v) is 4.58. The van der Waals surface area contributed by atoms with Crippen LogP contribution in [-0.2, 0) is 6.18 Å². The summed E-state index contributed by atoms with van der Waals surface area (Å²) in [6, 6.07) is 2.86. The molecule has 2 aliphatic rings. The van der Waals surface area contributed by atoms with Gasteiger partial charge < -0.3 is 4.74 Å². The average Bonchev–Trinajstić information content (AvgIpc) is 2.91. The second kappa shape index (κ2) is 5.14. The highest BCUT2D eigenvalue weighted by molar-refractivity contribution is 9.09. The van der Waals surface area contributed by atoms with Crippen molar-refractivity contribution in [3.05, 3.63) is 29.6 Å². The first-order valence-electron chi connectivity index (χ1n) is 7.00. The third kappa shape index (κ3) is 2.56. The first kappa shape index (κ1) is 15.1. The number of rotatable bonds is 2. The Morgan fingerprint density at radius 3 is 2.43 bits per heavy atom. The minimum absolute atomic E-state index is 0.0345. The van der Waals surface area contributed by atoms with Gasteiger partial charge in [0.2, 0.25) is 0 Å². The van der Waals surface area contributed by atoms with Gasteiger partial charge in [0.1, 0.15) is 17.7 Å². The number of hydrogen-bond donors (Lipinski definition) is 0. The first-order chi connectivity index (χ1) is 9.83. The van der Waals surface area contributed by atoms with Crippen LogP contribution in [0.1, 0.15) is 37.7 Å². The van der Waals surface area contributed by atoms with E-state index < -0.39 is 17.6 Å². The molecule has 1 nitrogen and oxygen atoms in total. The van der Waals surface area contributed by atoms with Crippen LogP contribution in [0, 0.1) is 11.2 Å². The fourth-order valence-electron chi connectivity index (χ4n) is 3.49. The van der Waals surface area contributed by atoms with Crippen LogP contribution >= 0.6 is 15.9 Å². The van der Waals surface area contributed by atoms with E-state index >= 15 is 0 Å². The fraction of sp³-hybridized carbons (Fsp3) is 0.600. The lowest BCUT2D eigenvalue weighted by Crippen LogP contribution is -2.55. The van der Waals surface area contributed by atoms with Crippen LogP contribution in [0.25, 0.3) is 0 Å². The second-order valence-electron chi connectivity index (χ2n) is 5.89. The van der Waals surface area contributed by atoms with Crippen LogP contribution in [0.15, 0.2) is 18.2 Å². The molecule has 0 aromatic heterocycles. The van der Waals surface area contributed by atoms with Crippen molar-refractivity contribution < 1.29 is 22.3 Å². The normalized spacial score (nSPS) is 27.7. The van der Waals surface area contributed by atoms with E-state index in [9.17, 15) is 17.6 Å². The Morgan fingerprint density at radius 2 is 1.86 bits per heavy atom. The van der Waals surface area contributed by atoms with Gasteiger partial charge in [-0.15, -0.1) is 0 Å². The van der Waals surface area contributed by atoms with Crippen molar-refractivity contribution in [3.8, 4) is 5.75 Å². The van der Waals surface area contributed by atoms with Crippen molar-refractivity contribution >= 4 is 15.9 Å². The molecule has 1 aromatic rings. The summed E-state index contributed by atoms with van der Waals surface area (Å²) in [7, 11) is 0. The van der Waals surface area contributed by atoms with Crippen LogP contribution in [-0.4, -0.2) is 10.9 Å². The Kier molecular flexibility index (Phi) is 3.71. The summed E-state index contributed by atoms with van der Waals surface area (Å²) in [6.07, 6.45) is 0.293. The van der Waals surface area contributed by atoms with Gasteiger partial charge in [0.25, 0.3) is 0 Å². The molecule has 3 rings (SSSR count). The summed E-state index contributed by atoms with van der Waals surface area (Å²) in [5, 5.41) is 0. The van der Waals surface area contributed by atoms with Gasteiger partial charge in [-0.1, -0.05) is 28.8 Å². The zero-order valence-electron chi connectivity index (χ0n) is 11.2. The Morgan fingerprint density at radius 1 is 1.19 bits per heavy atom. The maximum Gasteiger partial charge on any atom is 0.419 e. The van der Waals surface area contributed by atoms with Gasteiger partial charge in [0.05, 0.1) is 5.56 Å². The molecule has 0 saturated heterocycles. The minimum atomic E-state index is -4.70. The number of alkyl halides is 4. The van der Waals surface area contributed by atoms with Crippen LogP contribution in [0.2, 0.25) is 0 Å². The molecular weight excluding hydrogens is 352 g/mol. The Balaban J connectivity index is 1.80. The SMILES string of the molecule is Fc1ccc(OC2CC(Br)C23CCCC3)cc1C(F)(F)F. The topological polar surface area (TPSA) is 9.23 Å². The molecule has 2 atom stereocenters. The summed E-state index contributed by atoms with van der Waals surface area (Å²) >= 11 is 3.64. The number of benzene rings is 1. The largest absolute Gasteiger partial charge is 0.490 e. The Labute approximate surface area is 128 Å². The molecule has 0 aliphatic heterocycles. The molecule has 6 heteroatoms. The van der Waals surface area contributed by atoms with E-state index in [1.165, 1.54) is 6.07 Å². The van der Waals surface area contributed by atoms with Crippen molar-refractivity contribution in [1.82, 2.24) is 0 Å². The molecule has 0 heterocycles. The molecular formula is C15H15BrF4O. The quantitative estimate of drug-likeness (QED) is 0.508. The molecule has 1 aromatic carbocycles. The maximum absolute atomic E-state index is 13.3. The van der Waals surface area contributed by atoms with E-state index in [0.29, 0.717) is 4.83 Å². The lowest BCUT2D eigenvalue weighted by atomic mass is 9.64. The molecule has 0 amide bonds. The molecule has 21 heavy (non-hydrogen) atoms. The molecule has 2 aliphatic carbocycles. The summed E-state index contributed by atoms with van der Waals surface area (Å²) < 4.78 is 57.2. The van der Waals surface area contributed by atoms with Crippen molar-refractivity contribution in [2.75, 3.05) is 0 Å². The Bertz CT molecular complexity index is 537. The summed E-state index contributed by atoms with van der Waals surface area (Å²) in [5.74, 6) is -1.17. The summed E-state index contributed by atoms with van der Waals surface area (Å²) in [6.45, 7) is 0. The average molecular weight is 367 g/mol. The Hall–Kier alpha value is -0.780. The van der Waals surface area contributed by atoms with Gasteiger partial charge in [-0.3, -0.25) is 0 Å². The lowest BCUT2D eigenvalue weighted by Gasteiger charge is -2.51.